The number of rotatable bonds is 8. The molecule has 1 N–H and O–H groups in total. The minimum Gasteiger partial charge on any atom is -0.497 e. The summed E-state index contributed by atoms with van der Waals surface area (Å²) < 4.78 is 59.2. The molecule has 0 bridgehead atoms. The number of carbonyl (C=O) groups is 1. The van der Waals surface area contributed by atoms with Gasteiger partial charge in [0.2, 0.25) is 26.0 Å². The molecule has 2 aromatic rings. The van der Waals surface area contributed by atoms with Crippen LogP contribution in [-0.4, -0.2) is 61.1 Å². The first-order valence-corrected chi connectivity index (χ1v) is 13.0. The molecule has 11 heteroatoms. The molecule has 2 aromatic carbocycles. The van der Waals surface area contributed by atoms with Gasteiger partial charge in [-0.1, -0.05) is 18.2 Å². The lowest BCUT2D eigenvalue weighted by Gasteiger charge is -2.25. The Morgan fingerprint density at radius 2 is 1.81 bits per heavy atom. The lowest BCUT2D eigenvalue weighted by Crippen LogP contribution is -2.35. The van der Waals surface area contributed by atoms with Crippen LogP contribution < -0.4 is 13.8 Å². The van der Waals surface area contributed by atoms with Gasteiger partial charge in [0.05, 0.1) is 23.4 Å². The Bertz CT molecular complexity index is 1210. The van der Waals surface area contributed by atoms with Crippen molar-refractivity contribution >= 4 is 31.6 Å². The van der Waals surface area contributed by atoms with Crippen molar-refractivity contribution in [1.82, 2.24) is 9.62 Å². The number of aryl methyl sites for hydroxylation is 1. The molecule has 0 aliphatic carbocycles. The highest BCUT2D eigenvalue weighted by molar-refractivity contribution is 7.94. The van der Waals surface area contributed by atoms with Gasteiger partial charge in [0, 0.05) is 19.0 Å². The van der Waals surface area contributed by atoms with Crippen molar-refractivity contribution in [3.05, 3.63) is 53.6 Å². The Labute approximate surface area is 189 Å². The number of likely N-dealkylation sites (N-methyl/N-ethyl adjacent to an activating group) is 1. The van der Waals surface area contributed by atoms with Gasteiger partial charge in [-0.25, -0.2) is 25.9 Å². The van der Waals surface area contributed by atoms with Crippen molar-refractivity contribution in [2.45, 2.75) is 24.3 Å². The van der Waals surface area contributed by atoms with Crippen LogP contribution in [0.15, 0.2) is 47.4 Å². The largest absolute Gasteiger partial charge is 0.497 e. The van der Waals surface area contributed by atoms with Crippen LogP contribution in [-0.2, 0) is 24.8 Å². The number of benzene rings is 2. The quantitative estimate of drug-likeness (QED) is 0.610. The molecule has 0 saturated carbocycles. The third kappa shape index (κ3) is 4.96. The molecular formula is C21H27N3O6S2. The fraction of sp³-hybridized carbons (Fsp3) is 0.381. The van der Waals surface area contributed by atoms with Gasteiger partial charge >= 0.3 is 0 Å². The molecule has 1 unspecified atom stereocenters. The minimum atomic E-state index is -3.98. The number of hydrogen-bond donors (Lipinski definition) is 1. The molecule has 1 saturated heterocycles. The van der Waals surface area contributed by atoms with Crippen molar-refractivity contribution in [1.29, 1.82) is 0 Å². The van der Waals surface area contributed by atoms with E-state index < -0.39 is 26.0 Å². The second kappa shape index (κ2) is 9.18. The number of hydrogen-bond acceptors (Lipinski definition) is 7. The smallest absolute Gasteiger partial charge is 0.242 e. The summed E-state index contributed by atoms with van der Waals surface area (Å²) in [5.41, 5.74) is 1.37. The average molecular weight is 482 g/mol. The Hall–Kier alpha value is -2.47. The summed E-state index contributed by atoms with van der Waals surface area (Å²) in [6, 6.07) is 11.3. The first kappa shape index (κ1) is 24.2. The van der Waals surface area contributed by atoms with Gasteiger partial charge < -0.3 is 9.64 Å². The first-order chi connectivity index (χ1) is 15.0. The van der Waals surface area contributed by atoms with Gasteiger partial charge in [0.15, 0.2) is 0 Å². The highest BCUT2D eigenvalue weighted by Crippen LogP contribution is 2.29. The van der Waals surface area contributed by atoms with Gasteiger partial charge in [-0.3, -0.25) is 4.79 Å². The maximum absolute atomic E-state index is 13.1. The maximum atomic E-state index is 13.1. The third-order valence-corrected chi connectivity index (χ3v) is 8.62. The van der Waals surface area contributed by atoms with Crippen LogP contribution in [0.25, 0.3) is 0 Å². The van der Waals surface area contributed by atoms with E-state index in [1.54, 1.807) is 26.2 Å². The molecule has 174 valence electrons. The predicted octanol–water partition coefficient (Wildman–Crippen LogP) is 1.65. The molecule has 1 aliphatic rings. The number of amides is 1. The van der Waals surface area contributed by atoms with Crippen LogP contribution in [0.3, 0.4) is 0 Å². The standard InChI is InChI=1S/C21H27N3O6S2/c1-15-5-8-17(24-21(25)11-12-31(24,26)27)13-20(15)32(28,29)22-14-19(23(2)3)16-6-9-18(30-4)10-7-16/h5-10,13,19,22H,11-12,14H2,1-4H3. The number of nitrogens with zero attached hydrogens (tertiary/aromatic N) is 2. The first-order valence-electron chi connectivity index (χ1n) is 9.93. The summed E-state index contributed by atoms with van der Waals surface area (Å²) in [4.78, 5) is 13.9. The van der Waals surface area contributed by atoms with Crippen molar-refractivity contribution in [2.75, 3.05) is 37.8 Å². The van der Waals surface area contributed by atoms with Crippen molar-refractivity contribution in [3.63, 3.8) is 0 Å². The maximum Gasteiger partial charge on any atom is 0.242 e. The van der Waals surface area contributed by atoms with Crippen LogP contribution in [0.5, 0.6) is 5.75 Å². The SMILES string of the molecule is COc1ccc(C(CNS(=O)(=O)c2cc(N3C(=O)CCS3(=O)=O)ccc2C)N(C)C)cc1. The topological polar surface area (TPSA) is 113 Å². The molecule has 0 aromatic heterocycles. The molecule has 0 radical (unpaired) electrons. The normalized spacial score (nSPS) is 17.0. The van der Waals surface area contributed by atoms with E-state index in [2.05, 4.69) is 4.72 Å². The van der Waals surface area contributed by atoms with Crippen LogP contribution in [0, 0.1) is 6.92 Å². The van der Waals surface area contributed by atoms with Crippen LogP contribution in [0.2, 0.25) is 0 Å². The summed E-state index contributed by atoms with van der Waals surface area (Å²) in [6.07, 6.45) is -0.122. The van der Waals surface area contributed by atoms with Crippen LogP contribution in [0.1, 0.15) is 23.6 Å². The van der Waals surface area contributed by atoms with E-state index in [1.165, 1.54) is 18.2 Å². The fourth-order valence-electron chi connectivity index (χ4n) is 3.56. The van der Waals surface area contributed by atoms with Crippen molar-refractivity contribution in [2.24, 2.45) is 0 Å². The minimum absolute atomic E-state index is 0.0257. The molecule has 1 atom stereocenters. The predicted molar refractivity (Wildman–Crippen MR) is 122 cm³/mol. The number of ether oxygens (including phenoxy) is 1. The zero-order valence-electron chi connectivity index (χ0n) is 18.4. The number of nitrogens with one attached hydrogen (secondary N) is 1. The zero-order chi connectivity index (χ0) is 23.7. The van der Waals surface area contributed by atoms with Gasteiger partial charge in [-0.15, -0.1) is 0 Å². The van der Waals surface area contributed by atoms with E-state index >= 15 is 0 Å². The van der Waals surface area contributed by atoms with Crippen LogP contribution >= 0.6 is 0 Å². The van der Waals surface area contributed by atoms with E-state index in [0.717, 1.165) is 5.56 Å². The lowest BCUT2D eigenvalue weighted by molar-refractivity contribution is -0.116. The molecule has 0 spiro atoms. The molecule has 1 fully saturated rings. The fourth-order valence-corrected chi connectivity index (χ4v) is 6.32. The molecular weight excluding hydrogens is 454 g/mol. The second-order valence-corrected chi connectivity index (χ2v) is 11.5. The zero-order valence-corrected chi connectivity index (χ0v) is 20.0. The molecule has 1 aliphatic heterocycles. The Balaban J connectivity index is 1.87. The van der Waals surface area contributed by atoms with Gasteiger partial charge in [-0.2, -0.15) is 0 Å². The van der Waals surface area contributed by atoms with E-state index in [1.807, 2.05) is 31.1 Å². The van der Waals surface area contributed by atoms with Gasteiger partial charge in [-0.05, 0) is 56.4 Å². The van der Waals surface area contributed by atoms with Gasteiger partial charge in [0.1, 0.15) is 5.75 Å². The highest BCUT2D eigenvalue weighted by Gasteiger charge is 2.37. The summed E-state index contributed by atoms with van der Waals surface area (Å²) in [6.45, 7) is 1.71. The van der Waals surface area contributed by atoms with Crippen molar-refractivity contribution in [3.8, 4) is 5.75 Å². The molecule has 1 amide bonds. The molecule has 3 rings (SSSR count). The van der Waals surface area contributed by atoms with E-state index in [0.29, 0.717) is 15.6 Å². The molecule has 1 heterocycles. The second-order valence-electron chi connectivity index (χ2n) is 7.78. The van der Waals surface area contributed by atoms with Gasteiger partial charge in [0.25, 0.3) is 0 Å². The Morgan fingerprint density at radius 3 is 2.34 bits per heavy atom. The van der Waals surface area contributed by atoms with E-state index in [9.17, 15) is 21.6 Å². The summed E-state index contributed by atoms with van der Waals surface area (Å²) in [7, 11) is -2.51. The van der Waals surface area contributed by atoms with E-state index in [4.69, 9.17) is 4.74 Å². The molecule has 9 nitrogen and oxygen atoms in total. The number of carbonyl (C=O) groups excluding carboxylic acids is 1. The monoisotopic (exact) mass is 481 g/mol. The Morgan fingerprint density at radius 1 is 1.16 bits per heavy atom. The van der Waals surface area contributed by atoms with E-state index in [-0.39, 0.29) is 35.3 Å². The van der Waals surface area contributed by atoms with Crippen molar-refractivity contribution < 1.29 is 26.4 Å². The summed E-state index contributed by atoms with van der Waals surface area (Å²) in [5, 5.41) is 0. The summed E-state index contributed by atoms with van der Waals surface area (Å²) in [5.74, 6) is -0.157. The average Bonchev–Trinajstić information content (AvgIpc) is 3.01. The lowest BCUT2D eigenvalue weighted by atomic mass is 10.1. The third-order valence-electron chi connectivity index (χ3n) is 5.36. The Kier molecular flexibility index (Phi) is 6.94. The number of sulfonamides is 2. The van der Waals surface area contributed by atoms with Crippen LogP contribution in [0.4, 0.5) is 5.69 Å². The summed E-state index contributed by atoms with van der Waals surface area (Å²) >= 11 is 0. The number of anilines is 1. The molecule has 32 heavy (non-hydrogen) atoms. The number of methoxy groups -OCH3 is 1. The highest BCUT2D eigenvalue weighted by atomic mass is 32.2.